The summed E-state index contributed by atoms with van der Waals surface area (Å²) in [5, 5.41) is 15.9. The summed E-state index contributed by atoms with van der Waals surface area (Å²) in [6.07, 6.45) is 4.27. The van der Waals surface area contributed by atoms with Crippen molar-refractivity contribution >= 4 is 45.4 Å². The first-order valence-electron chi connectivity index (χ1n) is 11.5. The number of amides is 3. The SMILES string of the molecule is CCCCCNC(=O)C1N([C@@H](CO)CC(C)C)C(=O)[C@@H]2[C@@H](C(=O)NC)[C@@H]3SC12CC3Br. The van der Waals surface area contributed by atoms with Gasteiger partial charge in [-0.05, 0) is 25.2 Å². The van der Waals surface area contributed by atoms with Gasteiger partial charge < -0.3 is 20.6 Å². The maximum absolute atomic E-state index is 13.8. The molecule has 3 fully saturated rings. The van der Waals surface area contributed by atoms with Crippen LogP contribution in [0.4, 0.5) is 0 Å². The molecule has 3 rings (SSSR count). The predicted octanol–water partition coefficient (Wildman–Crippen LogP) is 1.91. The summed E-state index contributed by atoms with van der Waals surface area (Å²) in [4.78, 5) is 41.9. The number of aliphatic hydroxyl groups is 1. The van der Waals surface area contributed by atoms with E-state index >= 15 is 0 Å². The lowest BCUT2D eigenvalue weighted by Crippen LogP contribution is -2.57. The van der Waals surface area contributed by atoms with Crippen molar-refractivity contribution in [1.82, 2.24) is 15.5 Å². The highest BCUT2D eigenvalue weighted by Crippen LogP contribution is 2.68. The number of halogens is 1. The summed E-state index contributed by atoms with van der Waals surface area (Å²) in [5.41, 5.74) is 0. The Bertz CT molecular complexity index is 708. The Morgan fingerprint density at radius 1 is 1.32 bits per heavy atom. The summed E-state index contributed by atoms with van der Waals surface area (Å²) in [7, 11) is 1.60. The smallest absolute Gasteiger partial charge is 0.244 e. The average molecular weight is 519 g/mol. The minimum absolute atomic E-state index is 0.0379. The van der Waals surface area contributed by atoms with Crippen molar-refractivity contribution in [3.63, 3.8) is 0 Å². The number of hydrogen-bond acceptors (Lipinski definition) is 5. The van der Waals surface area contributed by atoms with Gasteiger partial charge in [-0.25, -0.2) is 0 Å². The predicted molar refractivity (Wildman–Crippen MR) is 126 cm³/mol. The lowest BCUT2D eigenvalue weighted by atomic mass is 9.70. The van der Waals surface area contributed by atoms with E-state index in [1.807, 2.05) is 13.8 Å². The second-order valence-electron chi connectivity index (χ2n) is 9.49. The molecule has 31 heavy (non-hydrogen) atoms. The number of hydrogen-bond donors (Lipinski definition) is 3. The van der Waals surface area contributed by atoms with E-state index in [1.54, 1.807) is 23.7 Å². The molecular weight excluding hydrogens is 482 g/mol. The number of fused-ring (bicyclic) bond motifs is 1. The number of likely N-dealkylation sites (tertiary alicyclic amines) is 1. The van der Waals surface area contributed by atoms with Gasteiger partial charge in [0.25, 0.3) is 0 Å². The second kappa shape index (κ2) is 10.00. The van der Waals surface area contributed by atoms with Crippen molar-refractivity contribution in [3.8, 4) is 0 Å². The number of alkyl halides is 1. The Morgan fingerprint density at radius 2 is 2.03 bits per heavy atom. The van der Waals surface area contributed by atoms with Gasteiger partial charge >= 0.3 is 0 Å². The first-order valence-corrected chi connectivity index (χ1v) is 13.3. The molecule has 7 nitrogen and oxygen atoms in total. The van der Waals surface area contributed by atoms with Crippen molar-refractivity contribution in [2.75, 3.05) is 20.2 Å². The number of aliphatic hydroxyl groups excluding tert-OH is 1. The molecule has 3 amide bonds. The van der Waals surface area contributed by atoms with Crippen LogP contribution in [0.5, 0.6) is 0 Å². The molecule has 0 aliphatic carbocycles. The third-order valence-electron chi connectivity index (χ3n) is 6.95. The number of nitrogens with one attached hydrogen (secondary N) is 2. The molecular formula is C22H36BrN3O4S. The zero-order valence-electron chi connectivity index (χ0n) is 18.9. The van der Waals surface area contributed by atoms with E-state index in [4.69, 9.17) is 0 Å². The average Bonchev–Trinajstić information content (AvgIpc) is 3.32. The van der Waals surface area contributed by atoms with E-state index in [1.165, 1.54) is 0 Å². The molecule has 0 radical (unpaired) electrons. The minimum Gasteiger partial charge on any atom is -0.394 e. The maximum Gasteiger partial charge on any atom is 0.244 e. The van der Waals surface area contributed by atoms with Crippen LogP contribution in [0.1, 0.15) is 52.9 Å². The lowest BCUT2D eigenvalue weighted by molar-refractivity contribution is -0.143. The zero-order chi connectivity index (χ0) is 22.9. The number of rotatable bonds is 10. The van der Waals surface area contributed by atoms with Gasteiger partial charge in [0.05, 0.1) is 29.2 Å². The molecule has 3 saturated heterocycles. The van der Waals surface area contributed by atoms with Gasteiger partial charge in [0, 0.05) is 23.7 Å². The molecule has 0 saturated carbocycles. The topological polar surface area (TPSA) is 98.7 Å². The van der Waals surface area contributed by atoms with Crippen LogP contribution in [0, 0.1) is 17.8 Å². The van der Waals surface area contributed by atoms with E-state index in [-0.39, 0.29) is 40.3 Å². The first-order chi connectivity index (χ1) is 14.7. The van der Waals surface area contributed by atoms with Crippen LogP contribution < -0.4 is 10.6 Å². The van der Waals surface area contributed by atoms with Gasteiger partial charge in [0.1, 0.15) is 6.04 Å². The summed E-state index contributed by atoms with van der Waals surface area (Å²) >= 11 is 5.37. The quantitative estimate of drug-likeness (QED) is 0.303. The van der Waals surface area contributed by atoms with Crippen LogP contribution in [-0.2, 0) is 14.4 Å². The van der Waals surface area contributed by atoms with Crippen molar-refractivity contribution in [2.24, 2.45) is 17.8 Å². The summed E-state index contributed by atoms with van der Waals surface area (Å²) in [6.45, 7) is 6.59. The molecule has 7 atom stereocenters. The Labute approximate surface area is 198 Å². The maximum atomic E-state index is 13.8. The molecule has 0 aromatic rings. The van der Waals surface area contributed by atoms with Crippen LogP contribution in [0.25, 0.3) is 0 Å². The van der Waals surface area contributed by atoms with Crippen molar-refractivity contribution in [2.45, 2.75) is 79.8 Å². The number of carbonyl (C=O) groups is 3. The summed E-state index contributed by atoms with van der Waals surface area (Å²) in [6, 6.07) is -1.11. The number of nitrogens with zero attached hydrogens (tertiary/aromatic N) is 1. The van der Waals surface area contributed by atoms with Crippen molar-refractivity contribution in [3.05, 3.63) is 0 Å². The third-order valence-corrected chi connectivity index (χ3v) is 10.2. The standard InChI is InChI=1S/C22H36BrN3O4S/c1-5-6-7-8-25-20(29)18-22-10-14(23)17(31-22)15(19(28)24-4)16(22)21(30)26(18)13(11-27)9-12(2)3/h12-18,27H,5-11H2,1-4H3,(H,24,28)(H,25,29)/t13-,14?,15-,16+,17-,18?,22?/m1/s1. The Morgan fingerprint density at radius 3 is 2.61 bits per heavy atom. The molecule has 0 aromatic carbocycles. The molecule has 3 unspecified atom stereocenters. The van der Waals surface area contributed by atoms with Gasteiger partial charge in [-0.3, -0.25) is 14.4 Å². The molecule has 9 heteroatoms. The fourth-order valence-electron chi connectivity index (χ4n) is 5.73. The zero-order valence-corrected chi connectivity index (χ0v) is 21.3. The van der Waals surface area contributed by atoms with Gasteiger partial charge in [-0.2, -0.15) is 0 Å². The van der Waals surface area contributed by atoms with Crippen molar-refractivity contribution in [1.29, 1.82) is 0 Å². The van der Waals surface area contributed by atoms with Crippen LogP contribution in [0.15, 0.2) is 0 Å². The highest BCUT2D eigenvalue weighted by molar-refractivity contribution is 9.09. The van der Waals surface area contributed by atoms with E-state index in [0.29, 0.717) is 19.4 Å². The van der Waals surface area contributed by atoms with E-state index in [2.05, 4.69) is 33.5 Å². The largest absolute Gasteiger partial charge is 0.394 e. The molecule has 3 N–H and O–H groups in total. The molecule has 3 heterocycles. The number of carbonyl (C=O) groups excluding carboxylic acids is 3. The Kier molecular flexibility index (Phi) is 8.01. The highest BCUT2D eigenvalue weighted by atomic mass is 79.9. The van der Waals surface area contributed by atoms with E-state index in [9.17, 15) is 19.5 Å². The Hall–Kier alpha value is -0.800. The van der Waals surface area contributed by atoms with Gasteiger partial charge in [-0.1, -0.05) is 49.5 Å². The molecule has 3 aliphatic rings. The molecule has 3 aliphatic heterocycles. The number of unbranched alkanes of at least 4 members (excludes halogenated alkanes) is 2. The van der Waals surface area contributed by atoms with Crippen LogP contribution in [0.2, 0.25) is 0 Å². The highest BCUT2D eigenvalue weighted by Gasteiger charge is 2.76. The lowest BCUT2D eigenvalue weighted by Gasteiger charge is -2.37. The second-order valence-corrected chi connectivity index (χ2v) is 12.2. The van der Waals surface area contributed by atoms with Crippen LogP contribution >= 0.6 is 27.7 Å². The fraction of sp³-hybridized carbons (Fsp3) is 0.864. The number of thioether (sulfide) groups is 1. The van der Waals surface area contributed by atoms with Crippen LogP contribution in [0.3, 0.4) is 0 Å². The first kappa shape index (κ1) is 24.8. The van der Waals surface area contributed by atoms with E-state index < -0.39 is 28.7 Å². The normalized spacial score (nSPS) is 34.9. The Balaban J connectivity index is 1.99. The molecule has 0 aromatic heterocycles. The summed E-state index contributed by atoms with van der Waals surface area (Å²) in [5.74, 6) is -1.20. The van der Waals surface area contributed by atoms with E-state index in [0.717, 1.165) is 19.3 Å². The fourth-order valence-corrected chi connectivity index (χ4v) is 9.33. The molecule has 176 valence electrons. The van der Waals surface area contributed by atoms with Gasteiger partial charge in [-0.15, -0.1) is 11.8 Å². The van der Waals surface area contributed by atoms with Gasteiger partial charge in [0.15, 0.2) is 0 Å². The van der Waals surface area contributed by atoms with Gasteiger partial charge in [0.2, 0.25) is 17.7 Å². The van der Waals surface area contributed by atoms with Crippen molar-refractivity contribution < 1.29 is 19.5 Å². The van der Waals surface area contributed by atoms with Crippen LogP contribution in [-0.4, -0.2) is 74.8 Å². The molecule has 1 spiro atoms. The monoisotopic (exact) mass is 517 g/mol. The summed E-state index contributed by atoms with van der Waals surface area (Å²) < 4.78 is -0.646. The minimum atomic E-state index is -0.674. The third kappa shape index (κ3) is 4.26. The molecule has 2 bridgehead atoms.